The lowest BCUT2D eigenvalue weighted by Crippen LogP contribution is -2.46. The van der Waals surface area contributed by atoms with E-state index in [1.165, 1.54) is 33.8 Å². The van der Waals surface area contributed by atoms with Crippen molar-refractivity contribution in [3.05, 3.63) is 28.7 Å². The van der Waals surface area contributed by atoms with Gasteiger partial charge in [-0.3, -0.25) is 9.36 Å². The highest BCUT2D eigenvalue weighted by Crippen LogP contribution is 2.26. The van der Waals surface area contributed by atoms with Crippen molar-refractivity contribution in [3.63, 3.8) is 0 Å². The highest BCUT2D eigenvalue weighted by atomic mass is 32.2. The summed E-state index contributed by atoms with van der Waals surface area (Å²) in [7, 11) is -2.22. The van der Waals surface area contributed by atoms with Gasteiger partial charge in [0.25, 0.3) is 0 Å². The summed E-state index contributed by atoms with van der Waals surface area (Å²) in [6, 6.07) is 4.44. The van der Waals surface area contributed by atoms with Crippen molar-refractivity contribution in [2.24, 2.45) is 18.9 Å². The predicted molar refractivity (Wildman–Crippen MR) is 121 cm³/mol. The molecule has 10 heteroatoms. The average molecular weight is 465 g/mol. The average Bonchev–Trinajstić information content (AvgIpc) is 3.08. The SMILES string of the molecule is CC1CCN(CCNC(=O)C2CCCN(S(=O)(=O)c3ccc4c(c3)oc(=O)n4C)C2)CC1. The third kappa shape index (κ3) is 4.77. The fourth-order valence-electron chi connectivity index (χ4n) is 4.57. The minimum Gasteiger partial charge on any atom is -0.408 e. The van der Waals surface area contributed by atoms with Gasteiger partial charge in [0.1, 0.15) is 0 Å². The third-order valence-electron chi connectivity index (χ3n) is 6.76. The number of likely N-dealkylation sites (tertiary alicyclic amines) is 1. The van der Waals surface area contributed by atoms with Gasteiger partial charge in [-0.15, -0.1) is 0 Å². The molecule has 1 unspecified atom stereocenters. The number of hydrogen-bond acceptors (Lipinski definition) is 6. The van der Waals surface area contributed by atoms with Gasteiger partial charge in [-0.2, -0.15) is 4.31 Å². The molecule has 1 aromatic heterocycles. The molecule has 3 heterocycles. The zero-order chi connectivity index (χ0) is 22.9. The van der Waals surface area contributed by atoms with Gasteiger partial charge in [0.2, 0.25) is 15.9 Å². The van der Waals surface area contributed by atoms with Crippen molar-refractivity contribution in [2.45, 2.75) is 37.5 Å². The lowest BCUT2D eigenvalue weighted by atomic mass is 9.98. The van der Waals surface area contributed by atoms with Gasteiger partial charge >= 0.3 is 5.76 Å². The molecule has 0 spiro atoms. The predicted octanol–water partition coefficient (Wildman–Crippen LogP) is 1.38. The van der Waals surface area contributed by atoms with Crippen LogP contribution in [-0.2, 0) is 21.9 Å². The summed E-state index contributed by atoms with van der Waals surface area (Å²) in [5.74, 6) is -0.212. The van der Waals surface area contributed by atoms with E-state index in [1.807, 2.05) is 0 Å². The Bertz CT molecular complexity index is 1130. The maximum absolute atomic E-state index is 13.2. The molecule has 2 aromatic rings. The highest BCUT2D eigenvalue weighted by molar-refractivity contribution is 7.89. The Balaban J connectivity index is 1.37. The molecule has 1 aromatic carbocycles. The van der Waals surface area contributed by atoms with E-state index >= 15 is 0 Å². The Morgan fingerprint density at radius 2 is 1.94 bits per heavy atom. The van der Waals surface area contributed by atoms with Gasteiger partial charge in [0.15, 0.2) is 5.58 Å². The first-order valence-corrected chi connectivity index (χ1v) is 12.8. The molecule has 1 amide bonds. The number of carbonyl (C=O) groups is 1. The number of aromatic nitrogens is 1. The maximum Gasteiger partial charge on any atom is 0.419 e. The molecule has 32 heavy (non-hydrogen) atoms. The Kier molecular flexibility index (Phi) is 6.73. The minimum absolute atomic E-state index is 0.0692. The van der Waals surface area contributed by atoms with Gasteiger partial charge < -0.3 is 14.6 Å². The Labute approximate surface area is 188 Å². The van der Waals surface area contributed by atoms with Gasteiger partial charge in [-0.05, 0) is 56.8 Å². The van der Waals surface area contributed by atoms with E-state index in [2.05, 4.69) is 17.1 Å². The van der Waals surface area contributed by atoms with E-state index in [0.717, 1.165) is 25.6 Å². The van der Waals surface area contributed by atoms with Crippen LogP contribution in [0.1, 0.15) is 32.6 Å². The molecule has 0 bridgehead atoms. The van der Waals surface area contributed by atoms with Crippen LogP contribution in [0.15, 0.2) is 32.3 Å². The topological polar surface area (TPSA) is 105 Å². The van der Waals surface area contributed by atoms with E-state index in [0.29, 0.717) is 31.4 Å². The third-order valence-corrected chi connectivity index (χ3v) is 8.62. The summed E-state index contributed by atoms with van der Waals surface area (Å²) in [4.78, 5) is 26.9. The number of amides is 1. The summed E-state index contributed by atoms with van der Waals surface area (Å²) >= 11 is 0. The van der Waals surface area contributed by atoms with Crippen molar-refractivity contribution in [1.29, 1.82) is 0 Å². The number of piperidine rings is 2. The second kappa shape index (κ2) is 9.36. The molecule has 1 N–H and O–H groups in total. The lowest BCUT2D eigenvalue weighted by molar-refractivity contribution is -0.126. The highest BCUT2D eigenvalue weighted by Gasteiger charge is 2.33. The summed E-state index contributed by atoms with van der Waals surface area (Å²) < 4.78 is 34.2. The van der Waals surface area contributed by atoms with Crippen molar-refractivity contribution < 1.29 is 17.6 Å². The van der Waals surface area contributed by atoms with Crippen molar-refractivity contribution in [1.82, 2.24) is 19.1 Å². The van der Waals surface area contributed by atoms with Gasteiger partial charge in [0.05, 0.1) is 16.3 Å². The normalized spacial score (nSPS) is 21.8. The zero-order valence-electron chi connectivity index (χ0n) is 18.7. The molecule has 0 aliphatic carbocycles. The van der Waals surface area contributed by atoms with Crippen molar-refractivity contribution >= 4 is 27.0 Å². The first-order valence-electron chi connectivity index (χ1n) is 11.4. The Morgan fingerprint density at radius 1 is 1.19 bits per heavy atom. The van der Waals surface area contributed by atoms with Gasteiger partial charge in [-0.1, -0.05) is 6.92 Å². The van der Waals surface area contributed by atoms with E-state index in [1.54, 1.807) is 13.1 Å². The number of aryl methyl sites for hydroxylation is 1. The van der Waals surface area contributed by atoms with Crippen LogP contribution in [0, 0.1) is 11.8 Å². The molecule has 1 atom stereocenters. The number of rotatable bonds is 6. The number of carbonyl (C=O) groups excluding carboxylic acids is 1. The van der Waals surface area contributed by atoms with E-state index < -0.39 is 15.8 Å². The first-order chi connectivity index (χ1) is 15.3. The minimum atomic E-state index is -3.79. The fraction of sp³-hybridized carbons (Fsp3) is 0.636. The molecular formula is C22H32N4O5S. The van der Waals surface area contributed by atoms with Crippen LogP contribution in [-0.4, -0.2) is 67.4 Å². The standard InChI is InChI=1S/C22H32N4O5S/c1-16-7-11-25(12-8-16)13-9-23-21(27)17-4-3-10-26(15-17)32(29,30)18-5-6-19-20(14-18)31-22(28)24(19)2/h5-6,14,16-17H,3-4,7-13,15H2,1-2H3,(H,23,27). The molecule has 0 radical (unpaired) electrons. The van der Waals surface area contributed by atoms with E-state index in [4.69, 9.17) is 4.42 Å². The number of benzene rings is 1. The molecule has 2 fully saturated rings. The van der Waals surface area contributed by atoms with Gasteiger partial charge in [0, 0.05) is 39.3 Å². The second-order valence-electron chi connectivity index (χ2n) is 9.07. The van der Waals surface area contributed by atoms with Crippen LogP contribution in [0.4, 0.5) is 0 Å². The smallest absolute Gasteiger partial charge is 0.408 e. The molecule has 9 nitrogen and oxygen atoms in total. The summed E-state index contributed by atoms with van der Waals surface area (Å²) in [6.45, 7) is 6.35. The van der Waals surface area contributed by atoms with E-state index in [9.17, 15) is 18.0 Å². The number of nitrogens with one attached hydrogen (secondary N) is 1. The van der Waals surface area contributed by atoms with Crippen LogP contribution in [0.3, 0.4) is 0 Å². The maximum atomic E-state index is 13.2. The monoisotopic (exact) mass is 464 g/mol. The molecule has 0 saturated carbocycles. The van der Waals surface area contributed by atoms with Crippen LogP contribution < -0.4 is 11.1 Å². The first kappa shape index (κ1) is 23.0. The van der Waals surface area contributed by atoms with Crippen LogP contribution in [0.2, 0.25) is 0 Å². The number of oxazole rings is 1. The summed E-state index contributed by atoms with van der Waals surface area (Å²) in [5, 5.41) is 3.00. The number of fused-ring (bicyclic) bond motifs is 1. The molecule has 2 aliphatic rings. The lowest BCUT2D eigenvalue weighted by Gasteiger charge is -2.32. The Morgan fingerprint density at radius 3 is 2.69 bits per heavy atom. The van der Waals surface area contributed by atoms with Crippen LogP contribution in [0.5, 0.6) is 0 Å². The van der Waals surface area contributed by atoms with Gasteiger partial charge in [-0.25, -0.2) is 13.2 Å². The molecule has 176 valence electrons. The summed E-state index contributed by atoms with van der Waals surface area (Å²) in [5.41, 5.74) is 0.769. The molecular weight excluding hydrogens is 432 g/mol. The van der Waals surface area contributed by atoms with Crippen LogP contribution in [0.25, 0.3) is 11.1 Å². The number of nitrogens with zero attached hydrogens (tertiary/aromatic N) is 3. The van der Waals surface area contributed by atoms with Crippen LogP contribution >= 0.6 is 0 Å². The quantitative estimate of drug-likeness (QED) is 0.693. The second-order valence-corrected chi connectivity index (χ2v) is 11.0. The number of hydrogen-bond donors (Lipinski definition) is 1. The van der Waals surface area contributed by atoms with Crippen molar-refractivity contribution in [2.75, 3.05) is 39.3 Å². The largest absolute Gasteiger partial charge is 0.419 e. The fourth-order valence-corrected chi connectivity index (χ4v) is 6.11. The van der Waals surface area contributed by atoms with Crippen molar-refractivity contribution in [3.8, 4) is 0 Å². The summed E-state index contributed by atoms with van der Waals surface area (Å²) in [6.07, 6.45) is 3.69. The molecule has 4 rings (SSSR count). The number of sulfonamides is 1. The Hall–Kier alpha value is -2.17. The molecule has 2 saturated heterocycles. The zero-order valence-corrected chi connectivity index (χ0v) is 19.6. The van der Waals surface area contributed by atoms with E-state index in [-0.39, 0.29) is 28.8 Å². The molecule has 2 aliphatic heterocycles.